The highest BCUT2D eigenvalue weighted by molar-refractivity contribution is 14.1. The molecule has 0 atom stereocenters. The fourth-order valence-corrected chi connectivity index (χ4v) is 1.61. The lowest BCUT2D eigenvalue weighted by Gasteiger charge is -2.19. The minimum Gasteiger partial charge on any atom is -0.460 e. The van der Waals surface area contributed by atoms with Gasteiger partial charge in [0.25, 0.3) is 0 Å². The summed E-state index contributed by atoms with van der Waals surface area (Å²) in [4.78, 5) is 23.2. The van der Waals surface area contributed by atoms with E-state index >= 15 is 0 Å². The van der Waals surface area contributed by atoms with Crippen molar-refractivity contribution in [3.8, 4) is 0 Å². The van der Waals surface area contributed by atoms with Gasteiger partial charge < -0.3 is 4.74 Å². The number of benzene rings is 1. The van der Waals surface area contributed by atoms with Gasteiger partial charge in [0, 0.05) is 9.13 Å². The molecule has 0 fully saturated rings. The van der Waals surface area contributed by atoms with E-state index in [1.165, 1.54) is 0 Å². The number of esters is 1. The quantitative estimate of drug-likeness (QED) is 0.365. The van der Waals surface area contributed by atoms with Gasteiger partial charge in [0.05, 0.1) is 0 Å². The zero-order valence-corrected chi connectivity index (χ0v) is 12.3. The summed E-state index contributed by atoms with van der Waals surface area (Å²) in [6.07, 6.45) is -0.210. The van der Waals surface area contributed by atoms with Crippen LogP contribution in [0.25, 0.3) is 0 Å². The number of rotatable bonds is 3. The molecule has 0 heterocycles. The summed E-state index contributed by atoms with van der Waals surface area (Å²) >= 11 is 2.16. The average molecular weight is 346 g/mol. The molecule has 0 aliphatic heterocycles. The van der Waals surface area contributed by atoms with Crippen LogP contribution in [0.15, 0.2) is 24.3 Å². The van der Waals surface area contributed by atoms with Crippen molar-refractivity contribution < 1.29 is 14.3 Å². The molecule has 17 heavy (non-hydrogen) atoms. The van der Waals surface area contributed by atoms with Crippen molar-refractivity contribution in [2.45, 2.75) is 32.8 Å². The molecule has 0 N–H and O–H groups in total. The molecule has 3 nitrogen and oxygen atoms in total. The van der Waals surface area contributed by atoms with E-state index in [0.717, 1.165) is 3.57 Å². The van der Waals surface area contributed by atoms with Crippen molar-refractivity contribution >= 4 is 34.3 Å². The van der Waals surface area contributed by atoms with E-state index in [1.807, 2.05) is 12.1 Å². The third-order valence-corrected chi connectivity index (χ3v) is 2.61. The van der Waals surface area contributed by atoms with E-state index in [1.54, 1.807) is 32.9 Å². The Balaban J connectivity index is 2.61. The van der Waals surface area contributed by atoms with Crippen molar-refractivity contribution in [2.24, 2.45) is 0 Å². The Morgan fingerprint density at radius 1 is 1.18 bits per heavy atom. The molecule has 1 aromatic rings. The Morgan fingerprint density at radius 3 is 2.18 bits per heavy atom. The SMILES string of the molecule is CC(C)(C)OC(=O)CC(=O)c1ccc(I)cc1. The number of ether oxygens (including phenoxy) is 1. The van der Waals surface area contributed by atoms with Crippen LogP contribution in [0.1, 0.15) is 37.6 Å². The molecule has 0 radical (unpaired) electrons. The Labute approximate surface area is 115 Å². The molecule has 4 heteroatoms. The van der Waals surface area contributed by atoms with Crippen LogP contribution >= 0.6 is 22.6 Å². The van der Waals surface area contributed by atoms with Crippen LogP contribution in [0.3, 0.4) is 0 Å². The van der Waals surface area contributed by atoms with Crippen LogP contribution in [0.4, 0.5) is 0 Å². The maximum Gasteiger partial charge on any atom is 0.314 e. The van der Waals surface area contributed by atoms with Gasteiger partial charge in [-0.25, -0.2) is 0 Å². The van der Waals surface area contributed by atoms with E-state index < -0.39 is 11.6 Å². The summed E-state index contributed by atoms with van der Waals surface area (Å²) in [5.74, 6) is -0.697. The number of halogens is 1. The second-order valence-corrected chi connectivity index (χ2v) is 5.94. The molecular formula is C13H15IO3. The van der Waals surface area contributed by atoms with Gasteiger partial charge in [-0.15, -0.1) is 0 Å². The number of ketones is 1. The lowest BCUT2D eigenvalue weighted by molar-refractivity contribution is -0.153. The molecule has 1 rings (SSSR count). The summed E-state index contributed by atoms with van der Waals surface area (Å²) in [6.45, 7) is 5.33. The number of carbonyl (C=O) groups excluding carboxylic acids is 2. The molecule has 0 aromatic heterocycles. The third kappa shape index (κ3) is 5.30. The van der Waals surface area contributed by atoms with Crippen LogP contribution in [0.5, 0.6) is 0 Å². The number of Topliss-reactive ketones (excluding diaryl/α,β-unsaturated/α-hetero) is 1. The van der Waals surface area contributed by atoms with E-state index in [2.05, 4.69) is 22.6 Å². The van der Waals surface area contributed by atoms with Crippen molar-refractivity contribution in [1.29, 1.82) is 0 Å². The molecule has 0 spiro atoms. The number of carbonyl (C=O) groups is 2. The summed E-state index contributed by atoms with van der Waals surface area (Å²) in [5.41, 5.74) is -0.0139. The lowest BCUT2D eigenvalue weighted by atomic mass is 10.1. The molecule has 0 bridgehead atoms. The van der Waals surface area contributed by atoms with Gasteiger partial charge in [-0.05, 0) is 55.5 Å². The predicted octanol–water partition coefficient (Wildman–Crippen LogP) is 3.21. The highest BCUT2D eigenvalue weighted by Gasteiger charge is 2.19. The van der Waals surface area contributed by atoms with Gasteiger partial charge in [0.1, 0.15) is 12.0 Å². The highest BCUT2D eigenvalue weighted by Crippen LogP contribution is 2.12. The second kappa shape index (κ2) is 5.62. The van der Waals surface area contributed by atoms with Gasteiger partial charge in [-0.2, -0.15) is 0 Å². The molecule has 0 unspecified atom stereocenters. The maximum atomic E-state index is 11.7. The Morgan fingerprint density at radius 2 is 1.71 bits per heavy atom. The first-order chi connectivity index (χ1) is 7.78. The van der Waals surface area contributed by atoms with Crippen LogP contribution < -0.4 is 0 Å². The molecule has 92 valence electrons. The fourth-order valence-electron chi connectivity index (χ4n) is 1.25. The first-order valence-electron chi connectivity index (χ1n) is 5.28. The van der Waals surface area contributed by atoms with E-state index in [-0.39, 0.29) is 12.2 Å². The molecule has 0 aliphatic carbocycles. The van der Waals surface area contributed by atoms with Crippen LogP contribution in [0.2, 0.25) is 0 Å². The largest absolute Gasteiger partial charge is 0.460 e. The van der Waals surface area contributed by atoms with Crippen molar-refractivity contribution in [3.05, 3.63) is 33.4 Å². The zero-order valence-electron chi connectivity index (χ0n) is 10.1. The summed E-state index contributed by atoms with van der Waals surface area (Å²) in [6, 6.07) is 7.11. The summed E-state index contributed by atoms with van der Waals surface area (Å²) in [5, 5.41) is 0. The molecule has 0 amide bonds. The number of hydrogen-bond donors (Lipinski definition) is 0. The van der Waals surface area contributed by atoms with E-state index in [4.69, 9.17) is 4.74 Å². The van der Waals surface area contributed by atoms with E-state index in [9.17, 15) is 9.59 Å². The normalized spacial score (nSPS) is 11.1. The van der Waals surface area contributed by atoms with Gasteiger partial charge in [-0.3, -0.25) is 9.59 Å². The average Bonchev–Trinajstić information content (AvgIpc) is 2.15. The summed E-state index contributed by atoms with van der Waals surface area (Å²) in [7, 11) is 0. The summed E-state index contributed by atoms with van der Waals surface area (Å²) < 4.78 is 6.14. The topological polar surface area (TPSA) is 43.4 Å². The predicted molar refractivity (Wildman–Crippen MR) is 74.0 cm³/mol. The minimum atomic E-state index is -0.552. The molecule has 0 aliphatic rings. The zero-order chi connectivity index (χ0) is 13.1. The van der Waals surface area contributed by atoms with Crippen molar-refractivity contribution in [3.63, 3.8) is 0 Å². The molecule has 1 aromatic carbocycles. The van der Waals surface area contributed by atoms with Gasteiger partial charge in [0.15, 0.2) is 5.78 Å². The smallest absolute Gasteiger partial charge is 0.314 e. The monoisotopic (exact) mass is 346 g/mol. The van der Waals surface area contributed by atoms with Crippen LogP contribution in [-0.4, -0.2) is 17.4 Å². The van der Waals surface area contributed by atoms with Crippen molar-refractivity contribution in [1.82, 2.24) is 0 Å². The molecule has 0 saturated carbocycles. The highest BCUT2D eigenvalue weighted by atomic mass is 127. The molecular weight excluding hydrogens is 331 g/mol. The third-order valence-electron chi connectivity index (χ3n) is 1.89. The van der Waals surface area contributed by atoms with Gasteiger partial charge in [0.2, 0.25) is 0 Å². The van der Waals surface area contributed by atoms with Gasteiger partial charge in [-0.1, -0.05) is 12.1 Å². The Hall–Kier alpha value is -0.910. The lowest BCUT2D eigenvalue weighted by Crippen LogP contribution is -2.25. The molecule has 0 saturated heterocycles. The Bertz CT molecular complexity index is 415. The van der Waals surface area contributed by atoms with Crippen molar-refractivity contribution in [2.75, 3.05) is 0 Å². The fraction of sp³-hybridized carbons (Fsp3) is 0.385. The van der Waals surface area contributed by atoms with E-state index in [0.29, 0.717) is 5.56 Å². The van der Waals surface area contributed by atoms with Crippen LogP contribution in [0, 0.1) is 3.57 Å². The van der Waals surface area contributed by atoms with Gasteiger partial charge >= 0.3 is 5.97 Å². The second-order valence-electron chi connectivity index (χ2n) is 4.69. The minimum absolute atomic E-state index is 0.210. The van der Waals surface area contributed by atoms with Crippen LogP contribution in [-0.2, 0) is 9.53 Å². The first-order valence-corrected chi connectivity index (χ1v) is 6.36. The standard InChI is InChI=1S/C13H15IO3/c1-13(2,3)17-12(16)8-11(15)9-4-6-10(14)7-5-9/h4-7H,8H2,1-3H3. The number of hydrogen-bond acceptors (Lipinski definition) is 3. The first kappa shape index (κ1) is 14.2. The maximum absolute atomic E-state index is 11.7. The Kier molecular flexibility index (Phi) is 4.68.